The van der Waals surface area contributed by atoms with Crippen molar-refractivity contribution in [1.82, 2.24) is 20.3 Å². The Morgan fingerprint density at radius 3 is 3.14 bits per heavy atom. The van der Waals surface area contributed by atoms with Gasteiger partial charge in [0.1, 0.15) is 0 Å². The molecule has 0 aromatic carbocycles. The van der Waals surface area contributed by atoms with Crippen LogP contribution in [0.5, 0.6) is 0 Å². The molecule has 0 spiro atoms. The molecule has 1 aliphatic rings. The second kappa shape index (κ2) is 5.89. The Labute approximate surface area is 127 Å². The summed E-state index contributed by atoms with van der Waals surface area (Å²) in [5.41, 5.74) is 2.45. The van der Waals surface area contributed by atoms with Crippen LogP contribution in [0.2, 0.25) is 5.22 Å². The van der Waals surface area contributed by atoms with Gasteiger partial charge in [-0.15, -0.1) is 0 Å². The number of nitrogens with zero attached hydrogens (tertiary/aromatic N) is 3. The van der Waals surface area contributed by atoms with Crippen molar-refractivity contribution in [3.63, 3.8) is 0 Å². The van der Waals surface area contributed by atoms with Crippen LogP contribution in [0.25, 0.3) is 0 Å². The molecule has 1 N–H and O–H groups in total. The van der Waals surface area contributed by atoms with E-state index in [0.29, 0.717) is 23.7 Å². The molecule has 1 atom stereocenters. The monoisotopic (exact) mass is 308 g/mol. The molecule has 1 saturated heterocycles. The predicted octanol–water partition coefficient (Wildman–Crippen LogP) is 2.31. The number of amides is 1. The van der Waals surface area contributed by atoms with Crippen LogP contribution in [0.1, 0.15) is 35.7 Å². The Balaban J connectivity index is 1.67. The van der Waals surface area contributed by atoms with Gasteiger partial charge < -0.3 is 9.42 Å². The summed E-state index contributed by atoms with van der Waals surface area (Å²) in [5, 5.41) is 11.0. The highest BCUT2D eigenvalue weighted by molar-refractivity contribution is 6.29. The Morgan fingerprint density at radius 2 is 2.48 bits per heavy atom. The molecule has 3 rings (SSSR count). The lowest BCUT2D eigenvalue weighted by Gasteiger charge is -2.32. The summed E-state index contributed by atoms with van der Waals surface area (Å²) in [4.78, 5) is 14.3. The number of likely N-dealkylation sites (tertiary alicyclic amines) is 1. The van der Waals surface area contributed by atoms with Gasteiger partial charge in [-0.3, -0.25) is 9.89 Å². The first kappa shape index (κ1) is 14.1. The molecule has 0 aliphatic carbocycles. The summed E-state index contributed by atoms with van der Waals surface area (Å²) in [7, 11) is 0. The van der Waals surface area contributed by atoms with Crippen LogP contribution in [0.3, 0.4) is 0 Å². The fraction of sp³-hybridized carbons (Fsp3) is 0.500. The summed E-state index contributed by atoms with van der Waals surface area (Å²) in [6.45, 7) is 3.29. The third kappa shape index (κ3) is 2.95. The van der Waals surface area contributed by atoms with E-state index in [0.717, 1.165) is 25.1 Å². The van der Waals surface area contributed by atoms with Crippen LogP contribution in [-0.4, -0.2) is 39.3 Å². The zero-order chi connectivity index (χ0) is 14.8. The van der Waals surface area contributed by atoms with Crippen molar-refractivity contribution in [2.75, 3.05) is 13.1 Å². The molecule has 21 heavy (non-hydrogen) atoms. The number of halogens is 1. The SMILES string of the molecule is Cc1noc(Cl)c1CC(=O)N1CCCC(c2ccn[nH]2)C1. The number of H-pyrrole nitrogens is 1. The van der Waals surface area contributed by atoms with Crippen molar-refractivity contribution < 1.29 is 9.32 Å². The second-order valence-electron chi connectivity index (χ2n) is 5.39. The first-order chi connectivity index (χ1) is 10.1. The van der Waals surface area contributed by atoms with Crippen molar-refractivity contribution in [1.29, 1.82) is 0 Å². The zero-order valence-electron chi connectivity index (χ0n) is 11.8. The molecule has 2 aromatic heterocycles. The number of nitrogens with one attached hydrogen (secondary N) is 1. The number of aromatic nitrogens is 3. The molecular weight excluding hydrogens is 292 g/mol. The largest absolute Gasteiger partial charge is 0.344 e. The topological polar surface area (TPSA) is 75.0 Å². The molecule has 7 heteroatoms. The molecule has 1 fully saturated rings. The Hall–Kier alpha value is -1.82. The number of rotatable bonds is 3. The lowest BCUT2D eigenvalue weighted by Crippen LogP contribution is -2.40. The molecule has 1 aliphatic heterocycles. The quantitative estimate of drug-likeness (QED) is 0.944. The van der Waals surface area contributed by atoms with Gasteiger partial charge in [0.15, 0.2) is 0 Å². The van der Waals surface area contributed by atoms with E-state index < -0.39 is 0 Å². The average Bonchev–Trinajstić information content (AvgIpc) is 3.13. The minimum absolute atomic E-state index is 0.0624. The zero-order valence-corrected chi connectivity index (χ0v) is 12.6. The van der Waals surface area contributed by atoms with E-state index in [1.54, 1.807) is 13.1 Å². The van der Waals surface area contributed by atoms with E-state index in [4.69, 9.17) is 16.1 Å². The molecule has 0 saturated carbocycles. The number of hydrogen-bond acceptors (Lipinski definition) is 4. The highest BCUT2D eigenvalue weighted by atomic mass is 35.5. The predicted molar refractivity (Wildman–Crippen MR) is 77.1 cm³/mol. The van der Waals surface area contributed by atoms with Gasteiger partial charge in [-0.05, 0) is 37.4 Å². The average molecular weight is 309 g/mol. The van der Waals surface area contributed by atoms with Crippen LogP contribution in [0.4, 0.5) is 0 Å². The van der Waals surface area contributed by atoms with Crippen molar-refractivity contribution in [2.45, 2.75) is 32.1 Å². The second-order valence-corrected chi connectivity index (χ2v) is 5.73. The number of aryl methyl sites for hydroxylation is 1. The number of aromatic amines is 1. The van der Waals surface area contributed by atoms with Gasteiger partial charge in [-0.2, -0.15) is 5.10 Å². The Kier molecular flexibility index (Phi) is 3.96. The van der Waals surface area contributed by atoms with Crippen molar-refractivity contribution in [2.24, 2.45) is 0 Å². The molecule has 6 nitrogen and oxygen atoms in total. The highest BCUT2D eigenvalue weighted by Crippen LogP contribution is 2.26. The van der Waals surface area contributed by atoms with E-state index in [1.807, 2.05) is 11.0 Å². The molecule has 112 valence electrons. The maximum Gasteiger partial charge on any atom is 0.229 e. The number of piperidine rings is 1. The molecule has 1 unspecified atom stereocenters. The Bertz CT molecular complexity index is 603. The smallest absolute Gasteiger partial charge is 0.229 e. The van der Waals surface area contributed by atoms with Crippen molar-refractivity contribution in [3.05, 3.63) is 34.4 Å². The van der Waals surface area contributed by atoms with E-state index in [1.165, 1.54) is 0 Å². The fourth-order valence-electron chi connectivity index (χ4n) is 2.77. The standard InChI is InChI=1S/C14H17ClN4O2/c1-9-11(14(15)21-18-9)7-13(20)19-6-2-3-10(8-19)12-4-5-16-17-12/h4-5,10H,2-3,6-8H2,1H3,(H,16,17). The summed E-state index contributed by atoms with van der Waals surface area (Å²) in [5.74, 6) is 0.386. The van der Waals surface area contributed by atoms with E-state index >= 15 is 0 Å². The van der Waals surface area contributed by atoms with Crippen molar-refractivity contribution >= 4 is 17.5 Å². The van der Waals surface area contributed by atoms with Crippen LogP contribution in [0, 0.1) is 6.92 Å². The van der Waals surface area contributed by atoms with Gasteiger partial charge in [0.2, 0.25) is 11.1 Å². The highest BCUT2D eigenvalue weighted by Gasteiger charge is 2.27. The fourth-order valence-corrected chi connectivity index (χ4v) is 3.01. The van der Waals surface area contributed by atoms with Gasteiger partial charge in [-0.25, -0.2) is 0 Å². The third-order valence-electron chi connectivity index (χ3n) is 4.00. The lowest BCUT2D eigenvalue weighted by atomic mass is 9.94. The Morgan fingerprint density at radius 1 is 1.62 bits per heavy atom. The third-order valence-corrected chi connectivity index (χ3v) is 4.30. The van der Waals surface area contributed by atoms with Gasteiger partial charge in [0, 0.05) is 36.5 Å². The number of carbonyl (C=O) groups excluding carboxylic acids is 1. The van der Waals surface area contributed by atoms with Crippen LogP contribution >= 0.6 is 11.6 Å². The van der Waals surface area contributed by atoms with Crippen LogP contribution in [-0.2, 0) is 11.2 Å². The maximum atomic E-state index is 12.5. The summed E-state index contributed by atoms with van der Waals surface area (Å²) < 4.78 is 4.89. The van der Waals surface area contributed by atoms with E-state index in [9.17, 15) is 4.79 Å². The van der Waals surface area contributed by atoms with Gasteiger partial charge in [0.05, 0.1) is 12.1 Å². The van der Waals surface area contributed by atoms with Gasteiger partial charge in [-0.1, -0.05) is 5.16 Å². The minimum Gasteiger partial charge on any atom is -0.344 e. The molecular formula is C14H17ClN4O2. The van der Waals surface area contributed by atoms with E-state index in [2.05, 4.69) is 15.4 Å². The number of carbonyl (C=O) groups is 1. The molecule has 2 aromatic rings. The molecule has 1 amide bonds. The molecule has 0 bridgehead atoms. The summed E-state index contributed by atoms with van der Waals surface area (Å²) in [6, 6.07) is 1.97. The lowest BCUT2D eigenvalue weighted by molar-refractivity contribution is -0.131. The first-order valence-electron chi connectivity index (χ1n) is 7.03. The number of hydrogen-bond donors (Lipinski definition) is 1. The van der Waals surface area contributed by atoms with Gasteiger partial charge >= 0.3 is 0 Å². The molecule has 0 radical (unpaired) electrons. The summed E-state index contributed by atoms with van der Waals surface area (Å²) >= 11 is 5.92. The minimum atomic E-state index is 0.0624. The summed E-state index contributed by atoms with van der Waals surface area (Å²) in [6.07, 6.45) is 4.05. The normalized spacial score (nSPS) is 19.0. The molecule has 3 heterocycles. The maximum absolute atomic E-state index is 12.5. The van der Waals surface area contributed by atoms with Crippen LogP contribution < -0.4 is 0 Å². The first-order valence-corrected chi connectivity index (χ1v) is 7.40. The van der Waals surface area contributed by atoms with Gasteiger partial charge in [0.25, 0.3) is 0 Å². The van der Waals surface area contributed by atoms with E-state index in [-0.39, 0.29) is 17.5 Å². The van der Waals surface area contributed by atoms with Crippen LogP contribution in [0.15, 0.2) is 16.8 Å². The van der Waals surface area contributed by atoms with Crippen molar-refractivity contribution in [3.8, 4) is 0 Å².